The highest BCUT2D eigenvalue weighted by Gasteiger charge is 2.22. The maximum Gasteiger partial charge on any atom is 0.344 e. The number of hydrogen-bond donors (Lipinski definition) is 0. The number of rotatable bonds is 5. The zero-order valence-corrected chi connectivity index (χ0v) is 18.0. The van der Waals surface area contributed by atoms with Crippen LogP contribution in [0.15, 0.2) is 99.2 Å². The van der Waals surface area contributed by atoms with E-state index in [9.17, 15) is 4.79 Å². The molecule has 0 spiro atoms. The second kappa shape index (κ2) is 8.68. The van der Waals surface area contributed by atoms with Gasteiger partial charge >= 0.3 is 5.97 Å². The van der Waals surface area contributed by atoms with Gasteiger partial charge in [0.05, 0.1) is 21.8 Å². The van der Waals surface area contributed by atoms with E-state index in [1.54, 1.807) is 22.9 Å². The van der Waals surface area contributed by atoms with Gasteiger partial charge in [-0.05, 0) is 49.4 Å². The minimum Gasteiger partial charge on any atom is -0.402 e. The first-order valence-corrected chi connectivity index (χ1v) is 10.6. The van der Waals surface area contributed by atoms with Gasteiger partial charge in [-0.2, -0.15) is 9.78 Å². The third-order valence-corrected chi connectivity index (χ3v) is 5.85. The van der Waals surface area contributed by atoms with Crippen LogP contribution in [0, 0.1) is 6.92 Å². The first kappa shape index (κ1) is 19.5. The Kier molecular flexibility index (Phi) is 5.83. The normalized spacial score (nSPS) is 10.7. The van der Waals surface area contributed by atoms with Gasteiger partial charge in [-0.25, -0.2) is 4.79 Å². The molecule has 0 radical (unpaired) electrons. The number of hydrogen-bond acceptors (Lipinski definition) is 4. The number of carbonyl (C=O) groups excluding carboxylic acids is 1. The molecule has 0 saturated heterocycles. The average Bonchev–Trinajstić information content (AvgIpc) is 3.05. The predicted molar refractivity (Wildman–Crippen MR) is 118 cm³/mol. The van der Waals surface area contributed by atoms with Crippen LogP contribution in [0.1, 0.15) is 16.1 Å². The van der Waals surface area contributed by atoms with Gasteiger partial charge < -0.3 is 4.74 Å². The molecule has 0 aliphatic heterocycles. The van der Waals surface area contributed by atoms with Crippen LogP contribution in [0.2, 0.25) is 0 Å². The van der Waals surface area contributed by atoms with Gasteiger partial charge in [-0.15, -0.1) is 0 Å². The summed E-state index contributed by atoms with van der Waals surface area (Å²) in [5, 5.41) is 4.65. The maximum absolute atomic E-state index is 12.9. The number of esters is 1. The molecule has 0 unspecified atom stereocenters. The van der Waals surface area contributed by atoms with Crippen molar-refractivity contribution in [3.63, 3.8) is 0 Å². The number of ether oxygens (including phenoxy) is 1. The summed E-state index contributed by atoms with van der Waals surface area (Å²) in [6, 6.07) is 26.8. The van der Waals surface area contributed by atoms with Crippen molar-refractivity contribution in [2.45, 2.75) is 16.7 Å². The van der Waals surface area contributed by atoms with Crippen LogP contribution in [-0.4, -0.2) is 15.7 Å². The second-order valence-corrected chi connectivity index (χ2v) is 8.28. The monoisotopic (exact) mass is 464 g/mol. The molecule has 1 aromatic heterocycles. The van der Waals surface area contributed by atoms with Gasteiger partial charge in [0, 0.05) is 9.37 Å². The third-order valence-electron chi connectivity index (χ3n) is 4.18. The van der Waals surface area contributed by atoms with Gasteiger partial charge in [0.15, 0.2) is 0 Å². The standard InChI is InChI=1S/C23H17BrN2O2S/c1-16-21(29-20-13-6-3-7-14-20)22(26(25-16)19-11-4-2-5-12-19)28-23(27)17-9-8-10-18(24)15-17/h2-15H,1H3. The van der Waals surface area contributed by atoms with Gasteiger partial charge in [-0.1, -0.05) is 70.2 Å². The molecule has 4 nitrogen and oxygen atoms in total. The highest BCUT2D eigenvalue weighted by molar-refractivity contribution is 9.10. The summed E-state index contributed by atoms with van der Waals surface area (Å²) in [6.45, 7) is 1.92. The first-order valence-electron chi connectivity index (χ1n) is 8.97. The molecule has 0 saturated carbocycles. The Labute approximate surface area is 181 Å². The molecule has 1 heterocycles. The van der Waals surface area contributed by atoms with E-state index in [4.69, 9.17) is 4.74 Å². The van der Waals surface area contributed by atoms with E-state index < -0.39 is 5.97 Å². The largest absolute Gasteiger partial charge is 0.402 e. The molecule has 0 aliphatic rings. The number of para-hydroxylation sites is 1. The summed E-state index contributed by atoms with van der Waals surface area (Å²) in [7, 11) is 0. The van der Waals surface area contributed by atoms with E-state index in [2.05, 4.69) is 21.0 Å². The average molecular weight is 465 g/mol. The Morgan fingerprint density at radius 1 is 0.966 bits per heavy atom. The lowest BCUT2D eigenvalue weighted by molar-refractivity contribution is 0.0718. The summed E-state index contributed by atoms with van der Waals surface area (Å²) in [4.78, 5) is 14.7. The lowest BCUT2D eigenvalue weighted by Gasteiger charge is -2.10. The van der Waals surface area contributed by atoms with Gasteiger partial charge in [0.1, 0.15) is 0 Å². The fourth-order valence-corrected chi connectivity index (χ4v) is 4.14. The third kappa shape index (κ3) is 4.44. The molecule has 3 aromatic carbocycles. The van der Waals surface area contributed by atoms with Gasteiger partial charge in [-0.3, -0.25) is 0 Å². The van der Waals surface area contributed by atoms with E-state index in [1.807, 2.05) is 73.7 Å². The summed E-state index contributed by atoms with van der Waals surface area (Å²) < 4.78 is 8.38. The number of aryl methyl sites for hydroxylation is 1. The highest BCUT2D eigenvalue weighted by atomic mass is 79.9. The molecule has 29 heavy (non-hydrogen) atoms. The number of nitrogens with zero attached hydrogens (tertiary/aromatic N) is 2. The van der Waals surface area contributed by atoms with E-state index in [0.29, 0.717) is 11.4 Å². The summed E-state index contributed by atoms with van der Waals surface area (Å²) >= 11 is 4.93. The first-order chi connectivity index (χ1) is 14.1. The van der Waals surface area contributed by atoms with E-state index in [0.717, 1.165) is 25.6 Å². The van der Waals surface area contributed by atoms with Crippen molar-refractivity contribution in [1.29, 1.82) is 0 Å². The molecule has 6 heteroatoms. The van der Waals surface area contributed by atoms with Crippen LogP contribution in [0.4, 0.5) is 0 Å². The Hall–Kier alpha value is -2.83. The van der Waals surface area contributed by atoms with Gasteiger partial charge in [0.25, 0.3) is 0 Å². The van der Waals surface area contributed by atoms with Crippen molar-refractivity contribution in [2.24, 2.45) is 0 Å². The predicted octanol–water partition coefficient (Wildman–Crippen LogP) is 6.31. The molecular formula is C23H17BrN2O2S. The molecule has 0 amide bonds. The molecule has 4 rings (SSSR count). The van der Waals surface area contributed by atoms with Gasteiger partial charge in [0.2, 0.25) is 5.88 Å². The fraction of sp³-hybridized carbons (Fsp3) is 0.0435. The highest BCUT2D eigenvalue weighted by Crippen LogP contribution is 2.39. The van der Waals surface area contributed by atoms with E-state index in [1.165, 1.54) is 11.8 Å². The number of aromatic nitrogens is 2. The molecule has 0 atom stereocenters. The molecule has 4 aromatic rings. The number of benzene rings is 3. The molecular weight excluding hydrogens is 448 g/mol. The van der Waals surface area contributed by atoms with E-state index in [-0.39, 0.29) is 0 Å². The Balaban J connectivity index is 1.77. The lowest BCUT2D eigenvalue weighted by Crippen LogP contribution is -2.12. The molecule has 0 bridgehead atoms. The Morgan fingerprint density at radius 3 is 2.34 bits per heavy atom. The topological polar surface area (TPSA) is 44.1 Å². The fourth-order valence-electron chi connectivity index (χ4n) is 2.81. The zero-order chi connectivity index (χ0) is 20.2. The van der Waals surface area contributed by atoms with Crippen LogP contribution < -0.4 is 4.74 Å². The summed E-state index contributed by atoms with van der Waals surface area (Å²) in [5.41, 5.74) is 2.08. The quantitative estimate of drug-likeness (QED) is 0.324. The van der Waals surface area contributed by atoms with Crippen molar-refractivity contribution in [3.8, 4) is 11.6 Å². The van der Waals surface area contributed by atoms with Crippen LogP contribution in [0.3, 0.4) is 0 Å². The molecule has 0 aliphatic carbocycles. The van der Waals surface area contributed by atoms with Crippen molar-refractivity contribution in [1.82, 2.24) is 9.78 Å². The smallest absolute Gasteiger partial charge is 0.344 e. The van der Waals surface area contributed by atoms with Crippen molar-refractivity contribution in [3.05, 3.63) is 101 Å². The van der Waals surface area contributed by atoms with Crippen LogP contribution in [0.5, 0.6) is 5.88 Å². The molecule has 0 fully saturated rings. The molecule has 0 N–H and O–H groups in total. The number of halogens is 1. The summed E-state index contributed by atoms with van der Waals surface area (Å²) in [6.07, 6.45) is 0. The van der Waals surface area contributed by atoms with Crippen molar-refractivity contribution < 1.29 is 9.53 Å². The molecule has 144 valence electrons. The second-order valence-electron chi connectivity index (χ2n) is 6.28. The van der Waals surface area contributed by atoms with Crippen molar-refractivity contribution >= 4 is 33.7 Å². The summed E-state index contributed by atoms with van der Waals surface area (Å²) in [5.74, 6) is -0.0224. The lowest BCUT2D eigenvalue weighted by atomic mass is 10.2. The maximum atomic E-state index is 12.9. The van der Waals surface area contributed by atoms with E-state index >= 15 is 0 Å². The minimum absolute atomic E-state index is 0.410. The van der Waals surface area contributed by atoms with Crippen LogP contribution >= 0.6 is 27.7 Å². The Morgan fingerprint density at radius 2 is 1.66 bits per heavy atom. The van der Waals surface area contributed by atoms with Crippen LogP contribution in [-0.2, 0) is 0 Å². The van der Waals surface area contributed by atoms with Crippen LogP contribution in [0.25, 0.3) is 5.69 Å². The Bertz CT molecular complexity index is 1140. The minimum atomic E-state index is -0.432. The zero-order valence-electron chi connectivity index (χ0n) is 15.6. The number of carbonyl (C=O) groups is 1. The van der Waals surface area contributed by atoms with Crippen molar-refractivity contribution in [2.75, 3.05) is 0 Å². The SMILES string of the molecule is Cc1nn(-c2ccccc2)c(OC(=O)c2cccc(Br)c2)c1Sc1ccccc1.